The van der Waals surface area contributed by atoms with Gasteiger partial charge < -0.3 is 11.1 Å². The number of anilines is 2. The molecule has 100 valence electrons. The number of hydrogen-bond acceptors (Lipinski definition) is 2. The summed E-state index contributed by atoms with van der Waals surface area (Å²) >= 11 is 0. The van der Waals surface area contributed by atoms with Gasteiger partial charge in [-0.15, -0.1) is 0 Å². The second kappa shape index (κ2) is 5.55. The first-order valence-corrected chi connectivity index (χ1v) is 6.47. The van der Waals surface area contributed by atoms with Gasteiger partial charge in [-0.25, -0.2) is 8.78 Å². The molecule has 0 saturated heterocycles. The molecule has 0 aromatic heterocycles. The summed E-state index contributed by atoms with van der Waals surface area (Å²) in [5.74, 6) is 1.36. The van der Waals surface area contributed by atoms with E-state index in [1.807, 2.05) is 0 Å². The fourth-order valence-corrected chi connectivity index (χ4v) is 2.69. The van der Waals surface area contributed by atoms with Gasteiger partial charge in [0, 0.05) is 23.5 Å². The molecule has 2 atom stereocenters. The van der Waals surface area contributed by atoms with Crippen LogP contribution in [0.25, 0.3) is 0 Å². The molecule has 1 aromatic carbocycles. The minimum absolute atomic E-state index is 0.000968. The molecule has 0 amide bonds. The molecule has 2 nitrogen and oxygen atoms in total. The Morgan fingerprint density at radius 3 is 2.78 bits per heavy atom. The summed E-state index contributed by atoms with van der Waals surface area (Å²) in [7, 11) is 0. The van der Waals surface area contributed by atoms with Gasteiger partial charge in [-0.3, -0.25) is 0 Å². The van der Waals surface area contributed by atoms with Crippen molar-refractivity contribution in [3.8, 4) is 0 Å². The average Bonchev–Trinajstić information content (AvgIpc) is 2.73. The Balaban J connectivity index is 2.00. The molecule has 3 N–H and O–H groups in total. The maximum absolute atomic E-state index is 12.9. The van der Waals surface area contributed by atoms with Crippen molar-refractivity contribution in [1.29, 1.82) is 0 Å². The van der Waals surface area contributed by atoms with Gasteiger partial charge in [0.25, 0.3) is 6.43 Å². The van der Waals surface area contributed by atoms with E-state index in [4.69, 9.17) is 5.73 Å². The van der Waals surface area contributed by atoms with Crippen molar-refractivity contribution in [1.82, 2.24) is 0 Å². The molecular formula is C14H20F2N2. The number of nitrogens with one attached hydrogen (secondary N) is 1. The lowest BCUT2D eigenvalue weighted by molar-refractivity contribution is 0.152. The molecule has 1 aromatic rings. The first-order chi connectivity index (χ1) is 8.56. The van der Waals surface area contributed by atoms with Gasteiger partial charge in [0.15, 0.2) is 0 Å². The third kappa shape index (κ3) is 3.12. The first-order valence-electron chi connectivity index (χ1n) is 6.47. The summed E-state index contributed by atoms with van der Waals surface area (Å²) in [6.07, 6.45) is 1.13. The Kier molecular flexibility index (Phi) is 4.04. The molecule has 0 bridgehead atoms. The standard InChI is InChI=1S/C14H20F2N2/c1-9-2-3-10(6-9)8-18-13-5-4-11(17)7-12(13)14(15)16/h4-5,7,9-10,14,18H,2-3,6,8,17H2,1H3. The Bertz CT molecular complexity index is 407. The van der Waals surface area contributed by atoms with Gasteiger partial charge in [-0.05, 0) is 42.9 Å². The van der Waals surface area contributed by atoms with Crippen LogP contribution >= 0.6 is 0 Å². The van der Waals surface area contributed by atoms with E-state index in [0.29, 0.717) is 17.3 Å². The lowest BCUT2D eigenvalue weighted by Crippen LogP contribution is -2.13. The van der Waals surface area contributed by atoms with E-state index < -0.39 is 6.43 Å². The molecule has 4 heteroatoms. The molecule has 2 rings (SSSR count). The van der Waals surface area contributed by atoms with Gasteiger partial charge in [0.05, 0.1) is 0 Å². The van der Waals surface area contributed by atoms with Crippen molar-refractivity contribution in [2.75, 3.05) is 17.6 Å². The van der Waals surface area contributed by atoms with Crippen LogP contribution in [0.1, 0.15) is 38.2 Å². The van der Waals surface area contributed by atoms with Gasteiger partial charge >= 0.3 is 0 Å². The van der Waals surface area contributed by atoms with E-state index in [2.05, 4.69) is 12.2 Å². The fraction of sp³-hybridized carbons (Fsp3) is 0.571. The Hall–Kier alpha value is -1.32. The third-order valence-electron chi connectivity index (χ3n) is 3.70. The van der Waals surface area contributed by atoms with Crippen LogP contribution < -0.4 is 11.1 Å². The molecule has 0 aliphatic heterocycles. The number of halogens is 2. The highest BCUT2D eigenvalue weighted by Gasteiger charge is 2.21. The van der Waals surface area contributed by atoms with Crippen molar-refractivity contribution < 1.29 is 8.78 Å². The summed E-state index contributed by atoms with van der Waals surface area (Å²) in [5, 5.41) is 3.15. The molecule has 2 unspecified atom stereocenters. The Morgan fingerprint density at radius 1 is 1.39 bits per heavy atom. The molecular weight excluding hydrogens is 234 g/mol. The molecule has 1 fully saturated rings. The molecule has 0 radical (unpaired) electrons. The first kappa shape index (κ1) is 13.1. The van der Waals surface area contributed by atoms with Crippen LogP contribution in [0.15, 0.2) is 18.2 Å². The van der Waals surface area contributed by atoms with Crippen molar-refractivity contribution in [3.05, 3.63) is 23.8 Å². The zero-order chi connectivity index (χ0) is 13.1. The van der Waals surface area contributed by atoms with E-state index in [1.165, 1.54) is 25.3 Å². The zero-order valence-corrected chi connectivity index (χ0v) is 10.6. The minimum Gasteiger partial charge on any atom is -0.399 e. The smallest absolute Gasteiger partial charge is 0.265 e. The molecule has 18 heavy (non-hydrogen) atoms. The topological polar surface area (TPSA) is 38.0 Å². The third-order valence-corrected chi connectivity index (χ3v) is 3.70. The van der Waals surface area contributed by atoms with E-state index in [9.17, 15) is 8.78 Å². The number of hydrogen-bond donors (Lipinski definition) is 2. The highest BCUT2D eigenvalue weighted by atomic mass is 19.3. The second-order valence-electron chi connectivity index (χ2n) is 5.31. The van der Waals surface area contributed by atoms with Crippen LogP contribution in [0.3, 0.4) is 0 Å². The predicted molar refractivity (Wildman–Crippen MR) is 70.8 cm³/mol. The maximum Gasteiger partial charge on any atom is 0.265 e. The number of nitrogen functional groups attached to an aromatic ring is 1. The number of nitrogens with two attached hydrogens (primary N) is 1. The van der Waals surface area contributed by atoms with E-state index in [1.54, 1.807) is 12.1 Å². The summed E-state index contributed by atoms with van der Waals surface area (Å²) in [6.45, 7) is 3.02. The molecule has 1 saturated carbocycles. The SMILES string of the molecule is CC1CCC(CNc2ccc(N)cc2C(F)F)C1. The van der Waals surface area contributed by atoms with Crippen LogP contribution in [0.2, 0.25) is 0 Å². The molecule has 0 spiro atoms. The van der Waals surface area contributed by atoms with Gasteiger partial charge in [-0.1, -0.05) is 13.3 Å². The van der Waals surface area contributed by atoms with Gasteiger partial charge in [0.1, 0.15) is 0 Å². The van der Waals surface area contributed by atoms with Crippen LogP contribution in [0.4, 0.5) is 20.2 Å². The highest BCUT2D eigenvalue weighted by molar-refractivity contribution is 5.58. The van der Waals surface area contributed by atoms with Gasteiger partial charge in [0.2, 0.25) is 0 Å². The zero-order valence-electron chi connectivity index (χ0n) is 10.6. The largest absolute Gasteiger partial charge is 0.399 e. The van der Waals surface area contributed by atoms with Crippen LogP contribution in [-0.4, -0.2) is 6.54 Å². The lowest BCUT2D eigenvalue weighted by atomic mass is 10.1. The monoisotopic (exact) mass is 254 g/mol. The van der Waals surface area contributed by atoms with Crippen LogP contribution in [-0.2, 0) is 0 Å². The second-order valence-corrected chi connectivity index (χ2v) is 5.31. The number of rotatable bonds is 4. The predicted octanol–water partition coefficient (Wildman–Crippen LogP) is 4.05. The van der Waals surface area contributed by atoms with E-state index in [-0.39, 0.29) is 5.56 Å². The maximum atomic E-state index is 12.9. The quantitative estimate of drug-likeness (QED) is 0.795. The summed E-state index contributed by atoms with van der Waals surface area (Å²) in [6, 6.07) is 4.66. The fourth-order valence-electron chi connectivity index (χ4n) is 2.69. The molecule has 1 aliphatic rings. The summed E-state index contributed by atoms with van der Waals surface area (Å²) in [4.78, 5) is 0. The van der Waals surface area contributed by atoms with Crippen molar-refractivity contribution in [2.24, 2.45) is 11.8 Å². The molecule has 0 heterocycles. The number of benzene rings is 1. The average molecular weight is 254 g/mol. The van der Waals surface area contributed by atoms with Crippen molar-refractivity contribution in [2.45, 2.75) is 32.6 Å². The van der Waals surface area contributed by atoms with Crippen LogP contribution in [0.5, 0.6) is 0 Å². The lowest BCUT2D eigenvalue weighted by Gasteiger charge is -2.15. The summed E-state index contributed by atoms with van der Waals surface area (Å²) in [5.41, 5.74) is 6.43. The van der Waals surface area contributed by atoms with E-state index in [0.717, 1.165) is 12.5 Å². The van der Waals surface area contributed by atoms with Crippen LogP contribution in [0, 0.1) is 11.8 Å². The van der Waals surface area contributed by atoms with Crippen molar-refractivity contribution >= 4 is 11.4 Å². The minimum atomic E-state index is -2.49. The van der Waals surface area contributed by atoms with E-state index >= 15 is 0 Å². The Morgan fingerprint density at radius 2 is 2.17 bits per heavy atom. The van der Waals surface area contributed by atoms with Gasteiger partial charge in [-0.2, -0.15) is 0 Å². The molecule has 1 aliphatic carbocycles. The normalized spacial score (nSPS) is 23.6. The number of alkyl halides is 2. The van der Waals surface area contributed by atoms with Crippen molar-refractivity contribution in [3.63, 3.8) is 0 Å². The Labute approximate surface area is 107 Å². The summed E-state index contributed by atoms with van der Waals surface area (Å²) < 4.78 is 25.7. The highest BCUT2D eigenvalue weighted by Crippen LogP contribution is 2.32.